The summed E-state index contributed by atoms with van der Waals surface area (Å²) >= 11 is 0. The van der Waals surface area contributed by atoms with Gasteiger partial charge in [-0.25, -0.2) is 9.78 Å². The van der Waals surface area contributed by atoms with Crippen molar-refractivity contribution in [3.63, 3.8) is 0 Å². The number of aromatic carboxylic acids is 1. The van der Waals surface area contributed by atoms with Crippen molar-refractivity contribution < 1.29 is 14.6 Å². The first-order chi connectivity index (χ1) is 13.1. The maximum absolute atomic E-state index is 12.8. The zero-order chi connectivity index (χ0) is 19.0. The lowest BCUT2D eigenvalue weighted by molar-refractivity contribution is 0.0697. The van der Waals surface area contributed by atoms with Gasteiger partial charge in [-0.3, -0.25) is 9.36 Å². The van der Waals surface area contributed by atoms with Crippen LogP contribution in [0.4, 0.5) is 0 Å². The lowest BCUT2D eigenvalue weighted by Gasteiger charge is -2.08. The van der Waals surface area contributed by atoms with E-state index < -0.39 is 5.97 Å². The van der Waals surface area contributed by atoms with Gasteiger partial charge < -0.3 is 9.84 Å². The number of carbonyl (C=O) groups is 1. The van der Waals surface area contributed by atoms with Gasteiger partial charge in [0.1, 0.15) is 11.6 Å². The molecular weight excluding hydrogens is 344 g/mol. The first-order valence-corrected chi connectivity index (χ1v) is 8.79. The molecule has 1 N–H and O–H groups in total. The summed E-state index contributed by atoms with van der Waals surface area (Å²) in [6.07, 6.45) is 2.67. The van der Waals surface area contributed by atoms with Crippen LogP contribution in [0, 0.1) is 0 Å². The van der Waals surface area contributed by atoms with Crippen molar-refractivity contribution in [1.82, 2.24) is 9.55 Å². The first-order valence-electron chi connectivity index (χ1n) is 8.79. The van der Waals surface area contributed by atoms with Gasteiger partial charge in [0.2, 0.25) is 0 Å². The fraction of sp³-hybridized carbons (Fsp3) is 0.190. The predicted molar refractivity (Wildman–Crippen MR) is 103 cm³/mol. The van der Waals surface area contributed by atoms with Crippen molar-refractivity contribution in [2.75, 3.05) is 6.61 Å². The third-order valence-corrected chi connectivity index (χ3v) is 4.64. The van der Waals surface area contributed by atoms with Gasteiger partial charge in [0.25, 0.3) is 5.56 Å². The molecule has 6 heteroatoms. The predicted octanol–water partition coefficient (Wildman–Crippen LogP) is 3.44. The maximum atomic E-state index is 12.8. The van der Waals surface area contributed by atoms with Gasteiger partial charge in [0.15, 0.2) is 0 Å². The Bertz CT molecular complexity index is 1140. The fourth-order valence-corrected chi connectivity index (χ4v) is 3.36. The molecule has 0 saturated heterocycles. The molecule has 0 aliphatic carbocycles. The number of allylic oxidation sites excluding steroid dienone is 1. The molecule has 3 aromatic rings. The molecule has 2 heterocycles. The zero-order valence-corrected chi connectivity index (χ0v) is 14.8. The van der Waals surface area contributed by atoms with E-state index in [0.717, 1.165) is 16.9 Å². The van der Waals surface area contributed by atoms with Gasteiger partial charge in [-0.1, -0.05) is 18.2 Å². The number of aromatic nitrogens is 2. The normalized spacial score (nSPS) is 14.5. The molecule has 4 rings (SSSR count). The molecule has 136 valence electrons. The van der Waals surface area contributed by atoms with Crippen molar-refractivity contribution in [1.29, 1.82) is 0 Å². The van der Waals surface area contributed by atoms with Gasteiger partial charge in [0.05, 0.1) is 23.1 Å². The van der Waals surface area contributed by atoms with E-state index in [1.54, 1.807) is 4.57 Å². The summed E-state index contributed by atoms with van der Waals surface area (Å²) < 4.78 is 7.32. The molecule has 0 amide bonds. The van der Waals surface area contributed by atoms with Crippen LogP contribution in [0.25, 0.3) is 22.6 Å². The van der Waals surface area contributed by atoms with Crippen LogP contribution in [-0.4, -0.2) is 27.2 Å². The Labute approximate surface area is 155 Å². The van der Waals surface area contributed by atoms with Crippen LogP contribution in [0.1, 0.15) is 35.1 Å². The molecule has 6 nitrogen and oxygen atoms in total. The van der Waals surface area contributed by atoms with Gasteiger partial charge >= 0.3 is 5.97 Å². The number of benzene rings is 2. The number of rotatable bonds is 4. The molecule has 1 aromatic heterocycles. The highest BCUT2D eigenvalue weighted by Gasteiger charge is 2.21. The first kappa shape index (κ1) is 17.0. The second-order valence-corrected chi connectivity index (χ2v) is 6.32. The van der Waals surface area contributed by atoms with Gasteiger partial charge in [-0.2, -0.15) is 0 Å². The Kier molecular flexibility index (Phi) is 4.24. The van der Waals surface area contributed by atoms with E-state index in [9.17, 15) is 14.7 Å². The largest absolute Gasteiger partial charge is 0.493 e. The molecule has 0 bridgehead atoms. The van der Waals surface area contributed by atoms with Gasteiger partial charge in [-0.15, -0.1) is 0 Å². The van der Waals surface area contributed by atoms with Crippen LogP contribution < -0.4 is 10.3 Å². The standard InChI is InChI=1S/C21H18N2O4/c1-2-27-18-6-4-3-5-13(18)11-14-9-10-23-19(14)22-17-12-15(21(25)26)7-8-16(17)20(23)24/h3-8,11-12H,2,9-10H2,1H3,(H,25,26)/b14-11+. The Balaban J connectivity index is 1.87. The van der Waals surface area contributed by atoms with Crippen LogP contribution in [0.5, 0.6) is 5.75 Å². The fourth-order valence-electron chi connectivity index (χ4n) is 3.36. The summed E-state index contributed by atoms with van der Waals surface area (Å²) in [6.45, 7) is 3.06. The molecule has 2 aromatic carbocycles. The smallest absolute Gasteiger partial charge is 0.335 e. The van der Waals surface area contributed by atoms with Crippen molar-refractivity contribution >= 4 is 28.5 Å². The SMILES string of the molecule is CCOc1ccccc1/C=C1\CCn2c1nc1cc(C(=O)O)ccc1c2=O. The molecule has 0 unspecified atom stereocenters. The third kappa shape index (κ3) is 2.99. The lowest BCUT2D eigenvalue weighted by Crippen LogP contribution is -2.21. The molecule has 0 radical (unpaired) electrons. The second kappa shape index (κ2) is 6.72. The monoisotopic (exact) mass is 362 g/mol. The minimum absolute atomic E-state index is 0.115. The topological polar surface area (TPSA) is 81.4 Å². The van der Waals surface area contributed by atoms with Gasteiger partial charge in [0, 0.05) is 12.1 Å². The minimum atomic E-state index is -1.04. The Hall–Kier alpha value is -3.41. The molecule has 1 aliphatic heterocycles. The van der Waals surface area contributed by atoms with E-state index in [-0.39, 0.29) is 11.1 Å². The third-order valence-electron chi connectivity index (χ3n) is 4.64. The number of para-hydroxylation sites is 1. The number of hydrogen-bond donors (Lipinski definition) is 1. The van der Waals surface area contributed by atoms with Crippen molar-refractivity contribution in [2.24, 2.45) is 0 Å². The number of fused-ring (bicyclic) bond motifs is 2. The summed E-state index contributed by atoms with van der Waals surface area (Å²) in [5, 5.41) is 9.63. The number of hydrogen-bond acceptors (Lipinski definition) is 4. The van der Waals surface area contributed by atoms with Crippen LogP contribution in [0.2, 0.25) is 0 Å². The summed E-state index contributed by atoms with van der Waals surface area (Å²) in [5.74, 6) is 0.323. The van der Waals surface area contributed by atoms with Gasteiger partial charge in [-0.05, 0) is 49.3 Å². The van der Waals surface area contributed by atoms with E-state index in [1.165, 1.54) is 18.2 Å². The molecule has 0 fully saturated rings. The van der Waals surface area contributed by atoms with E-state index in [4.69, 9.17) is 4.74 Å². The molecule has 0 spiro atoms. The quantitative estimate of drug-likeness (QED) is 0.769. The average molecular weight is 362 g/mol. The van der Waals surface area contributed by atoms with E-state index in [0.29, 0.717) is 36.3 Å². The number of ether oxygens (including phenoxy) is 1. The minimum Gasteiger partial charge on any atom is -0.493 e. The molecular formula is C21H18N2O4. The van der Waals surface area contributed by atoms with Crippen molar-refractivity contribution in [2.45, 2.75) is 19.9 Å². The Morgan fingerprint density at radius 3 is 2.89 bits per heavy atom. The zero-order valence-electron chi connectivity index (χ0n) is 14.8. The highest BCUT2D eigenvalue weighted by molar-refractivity contribution is 5.93. The summed E-state index contributed by atoms with van der Waals surface area (Å²) in [4.78, 5) is 28.6. The molecule has 0 atom stereocenters. The highest BCUT2D eigenvalue weighted by atomic mass is 16.5. The summed E-state index contributed by atoms with van der Waals surface area (Å²) in [5.41, 5.74) is 2.23. The summed E-state index contributed by atoms with van der Waals surface area (Å²) in [6, 6.07) is 12.1. The Morgan fingerprint density at radius 2 is 2.11 bits per heavy atom. The second-order valence-electron chi connectivity index (χ2n) is 6.32. The maximum Gasteiger partial charge on any atom is 0.335 e. The number of nitrogens with zero attached hydrogens (tertiary/aromatic N) is 2. The average Bonchev–Trinajstić information content (AvgIpc) is 3.06. The summed E-state index contributed by atoms with van der Waals surface area (Å²) in [7, 11) is 0. The van der Waals surface area contributed by atoms with Crippen LogP contribution >= 0.6 is 0 Å². The van der Waals surface area contributed by atoms with E-state index in [1.807, 2.05) is 37.3 Å². The van der Waals surface area contributed by atoms with Crippen molar-refractivity contribution in [3.05, 3.63) is 69.8 Å². The van der Waals surface area contributed by atoms with Crippen molar-refractivity contribution in [3.8, 4) is 5.75 Å². The van der Waals surface area contributed by atoms with Crippen LogP contribution in [0.15, 0.2) is 47.3 Å². The van der Waals surface area contributed by atoms with Crippen LogP contribution in [-0.2, 0) is 6.54 Å². The Morgan fingerprint density at radius 1 is 1.30 bits per heavy atom. The van der Waals surface area contributed by atoms with E-state index >= 15 is 0 Å². The molecule has 1 aliphatic rings. The molecule has 27 heavy (non-hydrogen) atoms. The lowest BCUT2D eigenvalue weighted by atomic mass is 10.1. The highest BCUT2D eigenvalue weighted by Crippen LogP contribution is 2.30. The number of carboxylic acids is 1. The number of carboxylic acid groups (broad SMARTS) is 1. The van der Waals surface area contributed by atoms with Crippen LogP contribution in [0.3, 0.4) is 0 Å². The van der Waals surface area contributed by atoms with E-state index in [2.05, 4.69) is 4.98 Å². The molecule has 0 saturated carbocycles.